The van der Waals surface area contributed by atoms with Crippen LogP contribution in [0.1, 0.15) is 50.8 Å². The number of carbonyl (C=O) groups excluding carboxylic acids is 2. The van der Waals surface area contributed by atoms with Gasteiger partial charge in [-0.3, -0.25) is 9.69 Å². The highest BCUT2D eigenvalue weighted by Crippen LogP contribution is 2.54. The van der Waals surface area contributed by atoms with Crippen molar-refractivity contribution in [3.05, 3.63) is 53.1 Å². The fourth-order valence-electron chi connectivity index (χ4n) is 5.21. The van der Waals surface area contributed by atoms with E-state index in [9.17, 15) is 14.7 Å². The number of aldehydes is 1. The molecule has 8 nitrogen and oxygen atoms in total. The minimum Gasteiger partial charge on any atom is -0.508 e. The maximum absolute atomic E-state index is 11.8. The molecule has 36 heavy (non-hydrogen) atoms. The topological polar surface area (TPSA) is 91.7 Å². The maximum Gasteiger partial charge on any atom is 0.290 e. The van der Waals surface area contributed by atoms with Crippen LogP contribution in [0.2, 0.25) is 0 Å². The first-order valence-electron chi connectivity index (χ1n) is 12.4. The average Bonchev–Trinajstić information content (AvgIpc) is 3.00. The molecule has 192 valence electrons. The number of phenols is 1. The molecule has 2 aromatic carbocycles. The number of phenolic OH excluding ortho intramolecular Hbond substituents is 1. The molecule has 1 N–H and O–H groups in total. The minimum atomic E-state index is -1.07. The van der Waals surface area contributed by atoms with E-state index in [4.69, 9.17) is 14.5 Å². The molecule has 2 aliphatic heterocycles. The van der Waals surface area contributed by atoms with Gasteiger partial charge < -0.3 is 24.3 Å². The molecule has 0 radical (unpaired) electrons. The van der Waals surface area contributed by atoms with Crippen LogP contribution < -0.4 is 9.64 Å². The Morgan fingerprint density at radius 2 is 2.03 bits per heavy atom. The van der Waals surface area contributed by atoms with Crippen molar-refractivity contribution in [1.82, 2.24) is 4.90 Å². The average molecular weight is 494 g/mol. The first kappa shape index (κ1) is 25.9. The molecule has 1 atom stereocenters. The largest absolute Gasteiger partial charge is 0.508 e. The van der Waals surface area contributed by atoms with Crippen LogP contribution in [0.25, 0.3) is 0 Å². The molecule has 8 heteroatoms. The number of aliphatic imine (C=N–C) groups is 1. The SMILES string of the molecule is CCCOCCN1c2ccccc2C(C)(C)C12N=Cc1cc(O)cc(CN(CC=O)CC(C)=O)c1O2. The van der Waals surface area contributed by atoms with Gasteiger partial charge in [0, 0.05) is 42.7 Å². The van der Waals surface area contributed by atoms with Gasteiger partial charge in [-0.1, -0.05) is 25.1 Å². The van der Waals surface area contributed by atoms with E-state index in [1.165, 1.54) is 6.92 Å². The predicted molar refractivity (Wildman–Crippen MR) is 139 cm³/mol. The number of Topliss-reactive ketones (excluding diaryl/α,β-unsaturated/α-hetero) is 1. The first-order chi connectivity index (χ1) is 17.2. The number of fused-ring (bicyclic) bond motifs is 2. The summed E-state index contributed by atoms with van der Waals surface area (Å²) >= 11 is 0. The van der Waals surface area contributed by atoms with Crippen LogP contribution in [0.4, 0.5) is 5.69 Å². The summed E-state index contributed by atoms with van der Waals surface area (Å²) in [7, 11) is 0. The third-order valence-electron chi connectivity index (χ3n) is 6.83. The van der Waals surface area contributed by atoms with Gasteiger partial charge >= 0.3 is 0 Å². The number of nitrogens with zero attached hydrogens (tertiary/aromatic N) is 3. The second-order valence-corrected chi connectivity index (χ2v) is 9.94. The van der Waals surface area contributed by atoms with Crippen molar-refractivity contribution in [3.63, 3.8) is 0 Å². The Balaban J connectivity index is 1.76. The molecule has 1 spiro atoms. The van der Waals surface area contributed by atoms with E-state index in [1.807, 2.05) is 12.1 Å². The normalized spacial score (nSPS) is 19.3. The Bertz CT molecular complexity index is 1160. The lowest BCUT2D eigenvalue weighted by molar-refractivity contribution is -0.118. The highest BCUT2D eigenvalue weighted by Gasteiger charge is 2.60. The van der Waals surface area contributed by atoms with Crippen molar-refractivity contribution in [2.45, 2.75) is 51.9 Å². The Morgan fingerprint density at radius 3 is 2.75 bits per heavy atom. The van der Waals surface area contributed by atoms with Gasteiger partial charge in [0.2, 0.25) is 0 Å². The van der Waals surface area contributed by atoms with Crippen molar-refractivity contribution >= 4 is 24.0 Å². The molecule has 1 unspecified atom stereocenters. The van der Waals surface area contributed by atoms with Crippen molar-refractivity contribution in [1.29, 1.82) is 0 Å². The number of carbonyl (C=O) groups is 2. The highest BCUT2D eigenvalue weighted by atomic mass is 16.5. The van der Waals surface area contributed by atoms with Gasteiger partial charge in [0.05, 0.1) is 25.1 Å². The minimum absolute atomic E-state index is 0.0459. The van der Waals surface area contributed by atoms with E-state index in [0.717, 1.165) is 24.0 Å². The Kier molecular flexibility index (Phi) is 7.47. The van der Waals surface area contributed by atoms with E-state index in [0.29, 0.717) is 36.6 Å². The standard InChI is InChI=1S/C28H35N3O5/c1-5-13-35-14-11-31-25-9-7-6-8-24(25)27(3,4)28(31)29-17-21-15-23(34)16-22(26(21)36-28)19-30(10-12-32)18-20(2)33/h6-9,12,15-17,34H,5,10-11,13-14,18-19H2,1-4H3. The number of hydrogen-bond acceptors (Lipinski definition) is 8. The molecule has 0 bridgehead atoms. The number of rotatable bonds is 11. The molecular weight excluding hydrogens is 458 g/mol. The van der Waals surface area contributed by atoms with Crippen LogP contribution >= 0.6 is 0 Å². The summed E-state index contributed by atoms with van der Waals surface area (Å²) in [5, 5.41) is 10.4. The quantitative estimate of drug-likeness (QED) is 0.377. The van der Waals surface area contributed by atoms with E-state index >= 15 is 0 Å². The predicted octanol–water partition coefficient (Wildman–Crippen LogP) is 3.67. The van der Waals surface area contributed by atoms with E-state index in [2.05, 4.69) is 37.8 Å². The summed E-state index contributed by atoms with van der Waals surface area (Å²) < 4.78 is 12.7. The van der Waals surface area contributed by atoms with Crippen molar-refractivity contribution in [2.75, 3.05) is 37.7 Å². The molecule has 2 aliphatic rings. The van der Waals surface area contributed by atoms with Gasteiger partial charge in [-0.15, -0.1) is 0 Å². The molecule has 2 heterocycles. The fourth-order valence-corrected chi connectivity index (χ4v) is 5.21. The van der Waals surface area contributed by atoms with Crippen LogP contribution in [-0.2, 0) is 26.3 Å². The Morgan fingerprint density at radius 1 is 1.25 bits per heavy atom. The number of ether oxygens (including phenoxy) is 2. The summed E-state index contributed by atoms with van der Waals surface area (Å²) in [5.74, 6) is -0.457. The lowest BCUT2D eigenvalue weighted by Crippen LogP contribution is -2.60. The molecule has 0 aromatic heterocycles. The van der Waals surface area contributed by atoms with Gasteiger partial charge in [0.1, 0.15) is 23.6 Å². The molecule has 0 aliphatic carbocycles. The van der Waals surface area contributed by atoms with Crippen LogP contribution in [0.5, 0.6) is 11.5 Å². The van der Waals surface area contributed by atoms with E-state index < -0.39 is 11.3 Å². The number of benzene rings is 2. The Hall–Kier alpha value is -3.23. The first-order valence-corrected chi connectivity index (χ1v) is 12.4. The lowest BCUT2D eigenvalue weighted by Gasteiger charge is -2.46. The van der Waals surface area contributed by atoms with Gasteiger partial charge in [0.15, 0.2) is 0 Å². The van der Waals surface area contributed by atoms with Crippen LogP contribution in [0.15, 0.2) is 41.4 Å². The monoisotopic (exact) mass is 493 g/mol. The molecule has 0 amide bonds. The van der Waals surface area contributed by atoms with Gasteiger partial charge in [0.25, 0.3) is 5.85 Å². The molecular formula is C28H35N3O5. The van der Waals surface area contributed by atoms with E-state index in [-0.39, 0.29) is 31.2 Å². The van der Waals surface area contributed by atoms with Gasteiger partial charge in [-0.2, -0.15) is 0 Å². The maximum atomic E-state index is 11.8. The van der Waals surface area contributed by atoms with E-state index in [1.54, 1.807) is 23.2 Å². The van der Waals surface area contributed by atoms with Crippen molar-refractivity contribution < 1.29 is 24.2 Å². The summed E-state index contributed by atoms with van der Waals surface area (Å²) in [6, 6.07) is 11.5. The second kappa shape index (κ2) is 10.4. The zero-order valence-corrected chi connectivity index (χ0v) is 21.5. The molecule has 0 fully saturated rings. The molecule has 2 aromatic rings. The molecule has 4 rings (SSSR count). The highest BCUT2D eigenvalue weighted by molar-refractivity contribution is 5.88. The third kappa shape index (κ3) is 4.63. The second-order valence-electron chi connectivity index (χ2n) is 9.94. The zero-order valence-electron chi connectivity index (χ0n) is 21.5. The summed E-state index contributed by atoms with van der Waals surface area (Å²) in [4.78, 5) is 32.0. The number of anilines is 1. The number of ketones is 1. The van der Waals surface area contributed by atoms with Crippen LogP contribution in [0.3, 0.4) is 0 Å². The molecule has 0 saturated heterocycles. The summed E-state index contributed by atoms with van der Waals surface area (Å²) in [5.41, 5.74) is 2.99. The van der Waals surface area contributed by atoms with Crippen molar-refractivity contribution in [3.8, 4) is 11.5 Å². The smallest absolute Gasteiger partial charge is 0.290 e. The summed E-state index contributed by atoms with van der Waals surface area (Å²) in [6.07, 6.45) is 3.47. The third-order valence-corrected chi connectivity index (χ3v) is 6.83. The lowest BCUT2D eigenvalue weighted by atomic mass is 9.81. The molecule has 0 saturated carbocycles. The van der Waals surface area contributed by atoms with Crippen LogP contribution in [0, 0.1) is 0 Å². The number of hydrogen-bond donors (Lipinski definition) is 1. The van der Waals surface area contributed by atoms with Crippen LogP contribution in [-0.4, -0.2) is 67.0 Å². The van der Waals surface area contributed by atoms with Gasteiger partial charge in [-0.25, -0.2) is 4.99 Å². The number of para-hydroxylation sites is 1. The zero-order chi connectivity index (χ0) is 25.9. The summed E-state index contributed by atoms with van der Waals surface area (Å²) in [6.45, 7) is 10.1. The van der Waals surface area contributed by atoms with Gasteiger partial charge in [-0.05, 0) is 51.0 Å². The Labute approximate surface area is 212 Å². The van der Waals surface area contributed by atoms with Crippen molar-refractivity contribution in [2.24, 2.45) is 4.99 Å². The number of aromatic hydroxyl groups is 1. The fraction of sp³-hybridized carbons (Fsp3) is 0.464.